The van der Waals surface area contributed by atoms with E-state index in [1.54, 1.807) is 19.3 Å². The summed E-state index contributed by atoms with van der Waals surface area (Å²) in [6.07, 6.45) is 5.15. The van der Waals surface area contributed by atoms with Gasteiger partial charge in [-0.3, -0.25) is 4.79 Å². The number of hydrogen-bond donors (Lipinski definition) is 3. The molecule has 2 aromatic rings. The Morgan fingerprint density at radius 3 is 2.74 bits per heavy atom. The molecule has 6 heteroatoms. The summed E-state index contributed by atoms with van der Waals surface area (Å²) in [7, 11) is 1.60. The normalized spacial score (nSPS) is 11.2. The predicted molar refractivity (Wildman–Crippen MR) is 102 cm³/mol. The summed E-state index contributed by atoms with van der Waals surface area (Å²) in [6.45, 7) is 0.389. The Balaban J connectivity index is 1.92. The van der Waals surface area contributed by atoms with Crippen LogP contribution in [0.25, 0.3) is 6.08 Å². The fourth-order valence-electron chi connectivity index (χ4n) is 2.31. The highest BCUT2D eigenvalue weighted by molar-refractivity contribution is 5.97. The first kappa shape index (κ1) is 19.6. The predicted octanol–water partition coefficient (Wildman–Crippen LogP) is 2.93. The maximum Gasteiger partial charge on any atom is 0.261 e. The second kappa shape index (κ2) is 9.68. The van der Waals surface area contributed by atoms with Crippen molar-refractivity contribution in [1.82, 2.24) is 5.32 Å². The van der Waals surface area contributed by atoms with Gasteiger partial charge in [-0.25, -0.2) is 0 Å². The number of nitrogens with zero attached hydrogens (tertiary/aromatic N) is 1. The summed E-state index contributed by atoms with van der Waals surface area (Å²) >= 11 is 0. The van der Waals surface area contributed by atoms with Crippen molar-refractivity contribution in [2.24, 2.45) is 0 Å². The van der Waals surface area contributed by atoms with Crippen molar-refractivity contribution in [1.29, 1.82) is 5.26 Å². The number of benzene rings is 2. The second-order valence-corrected chi connectivity index (χ2v) is 5.66. The van der Waals surface area contributed by atoms with Crippen LogP contribution in [0.1, 0.15) is 11.1 Å². The second-order valence-electron chi connectivity index (χ2n) is 5.66. The topological polar surface area (TPSA) is 103 Å². The summed E-state index contributed by atoms with van der Waals surface area (Å²) in [4.78, 5) is 12.1. The number of phenolic OH excluding ortho intramolecular Hbond substituents is 2. The Kier molecular flexibility index (Phi) is 7.03. The molecule has 3 N–H and O–H groups in total. The number of methoxy groups -OCH3 is 1. The largest absolute Gasteiger partial charge is 0.504 e. The minimum Gasteiger partial charge on any atom is -0.504 e. The van der Waals surface area contributed by atoms with E-state index in [-0.39, 0.29) is 17.1 Å². The Morgan fingerprint density at radius 2 is 2.04 bits per heavy atom. The van der Waals surface area contributed by atoms with E-state index in [4.69, 9.17) is 10.00 Å². The Morgan fingerprint density at radius 1 is 1.22 bits per heavy atom. The number of carbonyl (C=O) groups excluding carboxylic acids is 1. The van der Waals surface area contributed by atoms with Gasteiger partial charge in [-0.1, -0.05) is 30.4 Å². The number of aromatic hydroxyl groups is 2. The molecule has 0 aliphatic heterocycles. The third-order valence-electron chi connectivity index (χ3n) is 3.75. The number of amides is 1. The van der Waals surface area contributed by atoms with E-state index in [0.717, 1.165) is 11.3 Å². The first-order valence-corrected chi connectivity index (χ1v) is 8.25. The lowest BCUT2D eigenvalue weighted by Crippen LogP contribution is -2.26. The third-order valence-corrected chi connectivity index (χ3v) is 3.75. The fraction of sp³-hybridized carbons (Fsp3) is 0.143. The molecule has 2 aromatic carbocycles. The van der Waals surface area contributed by atoms with Gasteiger partial charge in [0, 0.05) is 6.54 Å². The van der Waals surface area contributed by atoms with Crippen molar-refractivity contribution in [2.45, 2.75) is 6.42 Å². The average Bonchev–Trinajstić information content (AvgIpc) is 2.68. The molecule has 0 unspecified atom stereocenters. The van der Waals surface area contributed by atoms with Gasteiger partial charge in [0.2, 0.25) is 0 Å². The maximum absolute atomic E-state index is 12.1. The van der Waals surface area contributed by atoms with Gasteiger partial charge < -0.3 is 20.3 Å². The van der Waals surface area contributed by atoms with Crippen LogP contribution in [0.2, 0.25) is 0 Å². The van der Waals surface area contributed by atoms with E-state index in [0.29, 0.717) is 18.5 Å². The van der Waals surface area contributed by atoms with Crippen molar-refractivity contribution < 1.29 is 19.7 Å². The van der Waals surface area contributed by atoms with E-state index in [9.17, 15) is 15.0 Å². The van der Waals surface area contributed by atoms with E-state index < -0.39 is 5.91 Å². The fourth-order valence-corrected chi connectivity index (χ4v) is 2.31. The smallest absolute Gasteiger partial charge is 0.261 e. The van der Waals surface area contributed by atoms with Gasteiger partial charge in [0.1, 0.15) is 17.4 Å². The summed E-state index contributed by atoms with van der Waals surface area (Å²) in [5.74, 6) is -0.159. The number of rotatable bonds is 7. The first-order chi connectivity index (χ1) is 13.0. The van der Waals surface area contributed by atoms with Crippen molar-refractivity contribution in [2.75, 3.05) is 13.7 Å². The molecule has 1 amide bonds. The molecule has 0 fully saturated rings. The van der Waals surface area contributed by atoms with E-state index in [1.165, 1.54) is 24.3 Å². The molecule has 0 atom stereocenters. The molecule has 138 valence electrons. The summed E-state index contributed by atoms with van der Waals surface area (Å²) < 4.78 is 5.16. The molecule has 0 heterocycles. The number of nitriles is 1. The van der Waals surface area contributed by atoms with Crippen molar-refractivity contribution in [3.63, 3.8) is 0 Å². The van der Waals surface area contributed by atoms with Crippen LogP contribution in [-0.2, 0) is 11.2 Å². The lowest BCUT2D eigenvalue weighted by atomic mass is 10.1. The quantitative estimate of drug-likeness (QED) is 0.303. The number of ether oxygens (including phenoxy) is 1. The van der Waals surface area contributed by atoms with Gasteiger partial charge in [0.15, 0.2) is 11.5 Å². The monoisotopic (exact) mass is 364 g/mol. The van der Waals surface area contributed by atoms with Crippen LogP contribution in [0.4, 0.5) is 0 Å². The number of carbonyl (C=O) groups is 1. The molecule has 27 heavy (non-hydrogen) atoms. The van der Waals surface area contributed by atoms with E-state index in [2.05, 4.69) is 5.32 Å². The van der Waals surface area contributed by atoms with Gasteiger partial charge in [0.05, 0.1) is 7.11 Å². The zero-order chi connectivity index (χ0) is 19.6. The lowest BCUT2D eigenvalue weighted by Gasteiger charge is -2.06. The van der Waals surface area contributed by atoms with E-state index >= 15 is 0 Å². The highest BCUT2D eigenvalue weighted by Gasteiger charge is 2.07. The minimum atomic E-state index is -0.460. The van der Waals surface area contributed by atoms with Crippen molar-refractivity contribution >= 4 is 12.0 Å². The maximum atomic E-state index is 12.1. The first-order valence-electron chi connectivity index (χ1n) is 8.25. The number of nitrogens with one attached hydrogen (secondary N) is 1. The van der Waals surface area contributed by atoms with Crippen LogP contribution < -0.4 is 10.1 Å². The van der Waals surface area contributed by atoms with Crippen LogP contribution >= 0.6 is 0 Å². The molecular formula is C21H20N2O4. The number of allylic oxidation sites excluding steroid dienone is 2. The summed E-state index contributed by atoms with van der Waals surface area (Å²) in [6, 6.07) is 13.7. The number of phenols is 2. The minimum absolute atomic E-state index is 0.0279. The van der Waals surface area contributed by atoms with Crippen molar-refractivity contribution in [3.8, 4) is 23.3 Å². The Labute approximate surface area is 157 Å². The molecule has 2 rings (SSSR count). The molecule has 0 radical (unpaired) electrons. The molecule has 0 aliphatic carbocycles. The highest BCUT2D eigenvalue weighted by Crippen LogP contribution is 2.25. The molecule has 0 bridgehead atoms. The average molecular weight is 364 g/mol. The zero-order valence-electron chi connectivity index (χ0n) is 14.8. The number of hydrogen-bond acceptors (Lipinski definition) is 5. The highest BCUT2D eigenvalue weighted by atomic mass is 16.5. The Bertz CT molecular complexity index is 911. The molecule has 0 saturated carbocycles. The Hall–Kier alpha value is -3.72. The SMILES string of the molecule is COc1cccc(CCNC(=O)/C(C#N)=C/C=C/c2ccc(O)c(O)c2)c1. The standard InChI is InChI=1S/C21H20N2O4/c1-27-18-7-3-5-16(12-18)10-11-23-21(26)17(14-22)6-2-4-15-8-9-19(24)20(25)13-15/h2-9,12-13,24-25H,10-11H2,1H3,(H,23,26)/b4-2+,17-6+. The zero-order valence-corrected chi connectivity index (χ0v) is 14.8. The summed E-state index contributed by atoms with van der Waals surface area (Å²) in [5.41, 5.74) is 1.61. The lowest BCUT2D eigenvalue weighted by molar-refractivity contribution is -0.117. The molecule has 0 aliphatic rings. The van der Waals surface area contributed by atoms with Gasteiger partial charge in [-0.2, -0.15) is 5.26 Å². The van der Waals surface area contributed by atoms with Gasteiger partial charge in [-0.15, -0.1) is 0 Å². The van der Waals surface area contributed by atoms with Crippen molar-refractivity contribution in [3.05, 3.63) is 71.3 Å². The van der Waals surface area contributed by atoms with Crippen LogP contribution in [0.5, 0.6) is 17.2 Å². The third kappa shape index (κ3) is 5.94. The molecule has 0 saturated heterocycles. The van der Waals surface area contributed by atoms with Crippen LogP contribution in [0, 0.1) is 11.3 Å². The molecule has 6 nitrogen and oxygen atoms in total. The van der Waals surface area contributed by atoms with Gasteiger partial charge in [-0.05, 0) is 47.9 Å². The molecular weight excluding hydrogens is 344 g/mol. The van der Waals surface area contributed by atoms with Crippen LogP contribution in [0.3, 0.4) is 0 Å². The molecule has 0 aromatic heterocycles. The van der Waals surface area contributed by atoms with Gasteiger partial charge in [0.25, 0.3) is 5.91 Å². The van der Waals surface area contributed by atoms with Crippen LogP contribution in [-0.4, -0.2) is 29.8 Å². The van der Waals surface area contributed by atoms with Crippen LogP contribution in [0.15, 0.2) is 60.2 Å². The van der Waals surface area contributed by atoms with Gasteiger partial charge >= 0.3 is 0 Å². The summed E-state index contributed by atoms with van der Waals surface area (Å²) in [5, 5.41) is 30.6. The molecule has 0 spiro atoms. The van der Waals surface area contributed by atoms with E-state index in [1.807, 2.05) is 30.3 Å².